The Balaban J connectivity index is 2.01. The predicted molar refractivity (Wildman–Crippen MR) is 82.8 cm³/mol. The molecule has 0 unspecified atom stereocenters. The third kappa shape index (κ3) is 4.59. The monoisotopic (exact) mass is 335 g/mol. The van der Waals surface area contributed by atoms with Crippen molar-refractivity contribution in [2.75, 3.05) is 5.32 Å². The smallest absolute Gasteiger partial charge is 0.408 e. The lowest BCUT2D eigenvalue weighted by Gasteiger charge is -2.27. The molecule has 0 saturated heterocycles. The molecule has 0 aliphatic carbocycles. The van der Waals surface area contributed by atoms with E-state index in [9.17, 15) is 14.0 Å². The number of nitriles is 1. The first-order valence-corrected chi connectivity index (χ1v) is 7.34. The zero-order valence-electron chi connectivity index (χ0n) is 13.6. The van der Waals surface area contributed by atoms with E-state index < -0.39 is 35.6 Å². The third-order valence-corrected chi connectivity index (χ3v) is 3.06. The molecule has 128 valence electrons. The van der Waals surface area contributed by atoms with Crippen molar-refractivity contribution in [2.24, 2.45) is 0 Å². The Hall–Kier alpha value is -2.82. The van der Waals surface area contributed by atoms with Crippen LogP contribution in [0.15, 0.2) is 18.2 Å². The number of hydrogen-bond donors (Lipinski definition) is 2. The Morgan fingerprint density at radius 2 is 2.25 bits per heavy atom. The maximum atomic E-state index is 13.2. The summed E-state index contributed by atoms with van der Waals surface area (Å²) in [5.41, 5.74) is -0.476. The van der Waals surface area contributed by atoms with Crippen molar-refractivity contribution in [3.63, 3.8) is 0 Å². The lowest BCUT2D eigenvalue weighted by molar-refractivity contribution is -0.123. The fourth-order valence-electron chi connectivity index (χ4n) is 2.09. The first kappa shape index (κ1) is 17.5. The van der Waals surface area contributed by atoms with Crippen molar-refractivity contribution < 1.29 is 23.5 Å². The topological polar surface area (TPSA) is 100 Å². The van der Waals surface area contributed by atoms with Gasteiger partial charge in [-0.2, -0.15) is 5.26 Å². The molecule has 0 saturated carbocycles. The molecule has 24 heavy (non-hydrogen) atoms. The summed E-state index contributed by atoms with van der Waals surface area (Å²) in [5, 5.41) is 14.1. The van der Waals surface area contributed by atoms with Crippen molar-refractivity contribution in [1.82, 2.24) is 5.32 Å². The van der Waals surface area contributed by atoms with Gasteiger partial charge in [-0.05, 0) is 32.9 Å². The van der Waals surface area contributed by atoms with E-state index in [1.807, 2.05) is 6.07 Å². The molecule has 1 aromatic carbocycles. The first-order valence-electron chi connectivity index (χ1n) is 7.34. The second-order valence-electron chi connectivity index (χ2n) is 6.30. The first-order chi connectivity index (χ1) is 11.2. The van der Waals surface area contributed by atoms with Crippen LogP contribution in [0.2, 0.25) is 0 Å². The van der Waals surface area contributed by atoms with Gasteiger partial charge >= 0.3 is 6.09 Å². The molecule has 2 N–H and O–H groups in total. The Morgan fingerprint density at radius 1 is 1.54 bits per heavy atom. The van der Waals surface area contributed by atoms with Gasteiger partial charge in [-0.15, -0.1) is 0 Å². The second kappa shape index (κ2) is 6.74. The van der Waals surface area contributed by atoms with Crippen molar-refractivity contribution in [3.05, 3.63) is 24.0 Å². The fraction of sp³-hybridized carbons (Fsp3) is 0.438. The number of hydrogen-bond acceptors (Lipinski definition) is 5. The summed E-state index contributed by atoms with van der Waals surface area (Å²) in [6.07, 6.45) is -1.81. The number of nitrogens with one attached hydrogen (secondary N) is 2. The molecule has 0 bridgehead atoms. The summed E-state index contributed by atoms with van der Waals surface area (Å²) in [6, 6.07) is 4.65. The molecule has 1 aliphatic heterocycles. The van der Waals surface area contributed by atoms with Gasteiger partial charge in [0.25, 0.3) is 5.91 Å². The molecular formula is C16H18FN3O4. The highest BCUT2D eigenvalue weighted by Gasteiger charge is 2.31. The molecule has 7 nitrogen and oxygen atoms in total. The standard InChI is InChI=1S/C16H18FN3O4/c1-16(2,3)24-15(22)19-10(8-18)7-13-14(21)20-11-6-9(17)4-5-12(11)23-13/h4-6,10,13H,7H2,1-3H3,(H,19,22)(H,20,21)/t10-,13-/m0/s1. The highest BCUT2D eigenvalue weighted by molar-refractivity contribution is 5.97. The summed E-state index contributed by atoms with van der Waals surface area (Å²) in [7, 11) is 0. The van der Waals surface area contributed by atoms with E-state index in [4.69, 9.17) is 14.7 Å². The van der Waals surface area contributed by atoms with Gasteiger partial charge in [0.15, 0.2) is 6.10 Å². The van der Waals surface area contributed by atoms with E-state index in [-0.39, 0.29) is 12.1 Å². The zero-order valence-corrected chi connectivity index (χ0v) is 13.6. The Labute approximate surface area is 138 Å². The van der Waals surface area contributed by atoms with E-state index in [1.54, 1.807) is 20.8 Å². The van der Waals surface area contributed by atoms with Crippen LogP contribution in [0.5, 0.6) is 5.75 Å². The van der Waals surface area contributed by atoms with Crippen LogP contribution in [0.4, 0.5) is 14.9 Å². The minimum Gasteiger partial charge on any atom is -0.478 e. The number of anilines is 1. The molecule has 2 atom stereocenters. The molecule has 0 spiro atoms. The van der Waals surface area contributed by atoms with Crippen LogP contribution in [-0.2, 0) is 9.53 Å². The number of amides is 2. The fourth-order valence-corrected chi connectivity index (χ4v) is 2.09. The number of ether oxygens (including phenoxy) is 2. The molecule has 0 aromatic heterocycles. The van der Waals surface area contributed by atoms with Gasteiger partial charge in [0.2, 0.25) is 0 Å². The number of carbonyl (C=O) groups excluding carboxylic acids is 2. The van der Waals surface area contributed by atoms with E-state index in [0.29, 0.717) is 5.75 Å². The van der Waals surface area contributed by atoms with Crippen molar-refractivity contribution in [2.45, 2.75) is 44.9 Å². The summed E-state index contributed by atoms with van der Waals surface area (Å²) < 4.78 is 23.7. The Morgan fingerprint density at radius 3 is 2.88 bits per heavy atom. The zero-order chi connectivity index (χ0) is 17.9. The minimum absolute atomic E-state index is 0.0710. The predicted octanol–water partition coefficient (Wildman–Crippen LogP) is 2.33. The van der Waals surface area contributed by atoms with Crippen LogP contribution in [-0.4, -0.2) is 29.7 Å². The van der Waals surface area contributed by atoms with Crippen LogP contribution < -0.4 is 15.4 Å². The van der Waals surface area contributed by atoms with E-state index >= 15 is 0 Å². The molecule has 1 aromatic rings. The van der Waals surface area contributed by atoms with Crippen LogP contribution >= 0.6 is 0 Å². The van der Waals surface area contributed by atoms with E-state index in [0.717, 1.165) is 6.07 Å². The summed E-state index contributed by atoms with van der Waals surface area (Å²) in [4.78, 5) is 23.7. The van der Waals surface area contributed by atoms with Gasteiger partial charge in [0, 0.05) is 12.5 Å². The SMILES string of the molecule is CC(C)(C)OC(=O)N[C@H](C#N)C[C@@H]1Oc2ccc(F)cc2NC1=O. The number of alkyl carbamates (subject to hydrolysis) is 1. The van der Waals surface area contributed by atoms with Crippen LogP contribution in [0, 0.1) is 17.1 Å². The summed E-state index contributed by atoms with van der Waals surface area (Å²) >= 11 is 0. The Kier molecular flexibility index (Phi) is 4.93. The second-order valence-corrected chi connectivity index (χ2v) is 6.30. The average Bonchev–Trinajstić information content (AvgIpc) is 2.45. The van der Waals surface area contributed by atoms with E-state index in [2.05, 4.69) is 10.6 Å². The number of halogens is 1. The highest BCUT2D eigenvalue weighted by Crippen LogP contribution is 2.31. The number of fused-ring (bicyclic) bond motifs is 1. The maximum absolute atomic E-state index is 13.2. The largest absolute Gasteiger partial charge is 0.478 e. The summed E-state index contributed by atoms with van der Waals surface area (Å²) in [6.45, 7) is 5.09. The average molecular weight is 335 g/mol. The van der Waals surface area contributed by atoms with Gasteiger partial charge in [0.1, 0.15) is 23.2 Å². The molecule has 1 aliphatic rings. The van der Waals surface area contributed by atoms with E-state index in [1.165, 1.54) is 12.1 Å². The van der Waals surface area contributed by atoms with Crippen LogP contribution in [0.1, 0.15) is 27.2 Å². The Bertz CT molecular complexity index is 694. The highest BCUT2D eigenvalue weighted by atomic mass is 19.1. The molecule has 8 heteroatoms. The normalized spacial score (nSPS) is 17.6. The number of benzene rings is 1. The molecule has 0 fully saturated rings. The van der Waals surface area contributed by atoms with Crippen molar-refractivity contribution in [3.8, 4) is 11.8 Å². The molecular weight excluding hydrogens is 317 g/mol. The number of nitrogens with zero attached hydrogens (tertiary/aromatic N) is 1. The van der Waals surface area contributed by atoms with Crippen LogP contribution in [0.3, 0.4) is 0 Å². The van der Waals surface area contributed by atoms with Crippen molar-refractivity contribution >= 4 is 17.7 Å². The van der Waals surface area contributed by atoms with Gasteiger partial charge in [-0.1, -0.05) is 0 Å². The maximum Gasteiger partial charge on any atom is 0.408 e. The lowest BCUT2D eigenvalue weighted by atomic mass is 10.1. The number of carbonyl (C=O) groups is 2. The number of rotatable bonds is 3. The molecule has 0 radical (unpaired) electrons. The van der Waals surface area contributed by atoms with Crippen molar-refractivity contribution in [1.29, 1.82) is 5.26 Å². The quantitative estimate of drug-likeness (QED) is 0.883. The molecule has 2 amide bonds. The lowest BCUT2D eigenvalue weighted by Crippen LogP contribution is -2.45. The van der Waals surface area contributed by atoms with Gasteiger partial charge in [-0.3, -0.25) is 4.79 Å². The van der Waals surface area contributed by atoms with Gasteiger partial charge in [0.05, 0.1) is 11.8 Å². The van der Waals surface area contributed by atoms with Gasteiger partial charge < -0.3 is 20.1 Å². The van der Waals surface area contributed by atoms with Crippen LogP contribution in [0.25, 0.3) is 0 Å². The third-order valence-electron chi connectivity index (χ3n) is 3.06. The van der Waals surface area contributed by atoms with Gasteiger partial charge in [-0.25, -0.2) is 9.18 Å². The summed E-state index contributed by atoms with van der Waals surface area (Å²) in [5.74, 6) is -0.716. The minimum atomic E-state index is -0.984. The molecule has 2 rings (SSSR count). The molecule has 1 heterocycles.